The highest BCUT2D eigenvalue weighted by Crippen LogP contribution is 2.33. The van der Waals surface area contributed by atoms with Crippen LogP contribution in [0.1, 0.15) is 39.1 Å². The molecule has 3 rings (SSSR count). The summed E-state index contributed by atoms with van der Waals surface area (Å²) in [5, 5.41) is 5.69. The van der Waals surface area contributed by atoms with Crippen molar-refractivity contribution in [3.63, 3.8) is 0 Å². The number of nitrogens with zero attached hydrogens (tertiary/aromatic N) is 2. The van der Waals surface area contributed by atoms with Gasteiger partial charge in [-0.3, -0.25) is 14.9 Å². The molecule has 0 radical (unpaired) electrons. The Labute approximate surface area is 147 Å². The quantitative estimate of drug-likeness (QED) is 0.554. The first-order valence-electron chi connectivity index (χ1n) is 7.84. The van der Waals surface area contributed by atoms with Gasteiger partial charge in [0, 0.05) is 18.3 Å². The number of amides is 2. The highest BCUT2D eigenvalue weighted by atomic mass is 32.1. The first kappa shape index (κ1) is 17.0. The highest BCUT2D eigenvalue weighted by Gasteiger charge is 2.36. The van der Waals surface area contributed by atoms with E-state index in [9.17, 15) is 14.4 Å². The number of nitrogens with one attached hydrogen (secondary N) is 2. The maximum absolute atomic E-state index is 12.7. The van der Waals surface area contributed by atoms with E-state index < -0.39 is 11.9 Å². The Balaban J connectivity index is 1.79. The molecule has 2 heterocycles. The third kappa shape index (κ3) is 3.50. The second-order valence-electron chi connectivity index (χ2n) is 5.57. The molecule has 9 heteroatoms. The maximum Gasteiger partial charge on any atom is 0.318 e. The lowest BCUT2D eigenvalue weighted by molar-refractivity contribution is 0.0792. The number of nitrogens with two attached hydrogens (primary N) is 1. The van der Waals surface area contributed by atoms with Crippen LogP contribution in [-0.4, -0.2) is 34.1 Å². The number of anilines is 2. The number of aromatic nitrogens is 2. The van der Waals surface area contributed by atoms with E-state index in [1.54, 1.807) is 12.1 Å². The number of hydrogen-bond acceptors (Lipinski definition) is 7. The van der Waals surface area contributed by atoms with Crippen LogP contribution in [0.4, 0.5) is 15.7 Å². The van der Waals surface area contributed by atoms with E-state index in [0.717, 1.165) is 17.9 Å². The van der Waals surface area contributed by atoms with E-state index in [0.29, 0.717) is 34.8 Å². The number of fused-ring (bicyclic) bond motifs is 1. The van der Waals surface area contributed by atoms with Crippen molar-refractivity contribution in [2.45, 2.75) is 19.8 Å². The predicted octanol–water partition coefficient (Wildman–Crippen LogP) is 2.09. The van der Waals surface area contributed by atoms with Crippen molar-refractivity contribution >= 4 is 39.9 Å². The molecular weight excluding hydrogens is 342 g/mol. The average molecular weight is 359 g/mol. The smallest absolute Gasteiger partial charge is 0.318 e. The molecule has 0 spiro atoms. The standard InChI is InChI=1S/C16H17N5O3S/c1-2-18-11-6-3-8(7-19-11)12(22)9-4-5-10-14(13(9)23)25-16(20-10)21-15(17)24/h3,6-7,9H,2,4-5H2,1H3,(H,18,19)(H3,17,20,21,24). The lowest BCUT2D eigenvalue weighted by Gasteiger charge is -2.18. The second-order valence-corrected chi connectivity index (χ2v) is 6.57. The Morgan fingerprint density at radius 1 is 1.40 bits per heavy atom. The Bertz CT molecular complexity index is 831. The molecule has 1 atom stereocenters. The van der Waals surface area contributed by atoms with E-state index >= 15 is 0 Å². The van der Waals surface area contributed by atoms with E-state index in [-0.39, 0.29) is 16.7 Å². The van der Waals surface area contributed by atoms with Gasteiger partial charge in [0.25, 0.3) is 0 Å². The highest BCUT2D eigenvalue weighted by molar-refractivity contribution is 7.17. The minimum absolute atomic E-state index is 0.246. The zero-order chi connectivity index (χ0) is 18.0. The molecule has 2 aromatic heterocycles. The van der Waals surface area contributed by atoms with Crippen molar-refractivity contribution in [1.29, 1.82) is 0 Å². The molecule has 0 aliphatic heterocycles. The monoisotopic (exact) mass is 359 g/mol. The largest absolute Gasteiger partial charge is 0.370 e. The zero-order valence-electron chi connectivity index (χ0n) is 13.5. The molecule has 2 amide bonds. The third-order valence-corrected chi connectivity index (χ3v) is 4.89. The Morgan fingerprint density at radius 3 is 2.84 bits per heavy atom. The molecule has 1 aliphatic rings. The summed E-state index contributed by atoms with van der Waals surface area (Å²) in [4.78, 5) is 45.1. The summed E-state index contributed by atoms with van der Waals surface area (Å²) in [5.41, 5.74) is 6.07. The molecule has 2 aromatic rings. The number of rotatable bonds is 5. The van der Waals surface area contributed by atoms with Gasteiger partial charge in [-0.25, -0.2) is 14.8 Å². The van der Waals surface area contributed by atoms with Crippen molar-refractivity contribution in [1.82, 2.24) is 9.97 Å². The topological polar surface area (TPSA) is 127 Å². The van der Waals surface area contributed by atoms with Gasteiger partial charge in [0.2, 0.25) is 0 Å². The van der Waals surface area contributed by atoms with E-state index in [1.165, 1.54) is 6.20 Å². The molecule has 4 N–H and O–H groups in total. The van der Waals surface area contributed by atoms with Crippen LogP contribution >= 0.6 is 11.3 Å². The fraction of sp³-hybridized carbons (Fsp3) is 0.312. The van der Waals surface area contributed by atoms with Gasteiger partial charge in [0.15, 0.2) is 16.7 Å². The summed E-state index contributed by atoms with van der Waals surface area (Å²) in [6, 6.07) is 2.65. The lowest BCUT2D eigenvalue weighted by atomic mass is 9.84. The van der Waals surface area contributed by atoms with E-state index in [1.807, 2.05) is 6.92 Å². The van der Waals surface area contributed by atoms with Gasteiger partial charge in [-0.2, -0.15) is 0 Å². The van der Waals surface area contributed by atoms with Crippen LogP contribution in [0.25, 0.3) is 0 Å². The van der Waals surface area contributed by atoms with Gasteiger partial charge in [-0.15, -0.1) is 0 Å². The second kappa shape index (κ2) is 6.98. The van der Waals surface area contributed by atoms with Crippen molar-refractivity contribution in [3.8, 4) is 0 Å². The molecule has 8 nitrogen and oxygen atoms in total. The maximum atomic E-state index is 12.7. The zero-order valence-corrected chi connectivity index (χ0v) is 14.4. The first-order chi connectivity index (χ1) is 12.0. The van der Waals surface area contributed by atoms with Gasteiger partial charge in [0.1, 0.15) is 5.82 Å². The Kier molecular flexibility index (Phi) is 4.75. The van der Waals surface area contributed by atoms with Crippen LogP contribution in [0.3, 0.4) is 0 Å². The number of hydrogen-bond donors (Lipinski definition) is 3. The van der Waals surface area contributed by atoms with Crippen LogP contribution in [0.5, 0.6) is 0 Å². The molecule has 0 aromatic carbocycles. The number of Topliss-reactive ketones (excluding diaryl/α,β-unsaturated/α-hetero) is 2. The summed E-state index contributed by atoms with van der Waals surface area (Å²) >= 11 is 1.05. The van der Waals surface area contributed by atoms with Gasteiger partial charge in [0.05, 0.1) is 16.5 Å². The summed E-state index contributed by atoms with van der Waals surface area (Å²) in [7, 11) is 0. The van der Waals surface area contributed by atoms with Gasteiger partial charge in [-0.05, 0) is 31.9 Å². The average Bonchev–Trinajstić information content (AvgIpc) is 2.98. The molecule has 130 valence electrons. The molecule has 1 aliphatic carbocycles. The third-order valence-electron chi connectivity index (χ3n) is 3.86. The number of carbonyl (C=O) groups is 3. The molecule has 0 saturated heterocycles. The van der Waals surface area contributed by atoms with Crippen molar-refractivity contribution < 1.29 is 14.4 Å². The molecule has 25 heavy (non-hydrogen) atoms. The lowest BCUT2D eigenvalue weighted by Crippen LogP contribution is -2.29. The van der Waals surface area contributed by atoms with Crippen LogP contribution in [-0.2, 0) is 6.42 Å². The summed E-state index contributed by atoms with van der Waals surface area (Å²) in [5.74, 6) is -0.580. The molecule has 0 saturated carbocycles. The fourth-order valence-corrected chi connectivity index (χ4v) is 3.73. The van der Waals surface area contributed by atoms with Gasteiger partial charge >= 0.3 is 6.03 Å². The summed E-state index contributed by atoms with van der Waals surface area (Å²) in [6.45, 7) is 2.69. The van der Waals surface area contributed by atoms with E-state index in [2.05, 4.69) is 20.6 Å². The number of pyridine rings is 1. The van der Waals surface area contributed by atoms with Gasteiger partial charge in [-0.1, -0.05) is 11.3 Å². The molecular formula is C16H17N5O3S. The van der Waals surface area contributed by atoms with Crippen molar-refractivity contribution in [2.24, 2.45) is 11.7 Å². The summed E-state index contributed by atoms with van der Waals surface area (Å²) < 4.78 is 0. The number of ketones is 2. The van der Waals surface area contributed by atoms with E-state index in [4.69, 9.17) is 5.73 Å². The fourth-order valence-electron chi connectivity index (χ4n) is 2.72. The number of primary amides is 1. The number of carbonyl (C=O) groups excluding carboxylic acids is 3. The Morgan fingerprint density at radius 2 is 2.20 bits per heavy atom. The van der Waals surface area contributed by atoms with Crippen LogP contribution < -0.4 is 16.4 Å². The summed E-state index contributed by atoms with van der Waals surface area (Å²) in [6.07, 6.45) is 2.37. The first-order valence-corrected chi connectivity index (χ1v) is 8.65. The van der Waals surface area contributed by atoms with Crippen LogP contribution in [0, 0.1) is 5.92 Å². The minimum atomic E-state index is -0.749. The van der Waals surface area contributed by atoms with Crippen molar-refractivity contribution in [3.05, 3.63) is 34.5 Å². The number of aryl methyl sites for hydroxylation is 1. The van der Waals surface area contributed by atoms with Gasteiger partial charge < -0.3 is 11.1 Å². The number of thiazole rings is 1. The van der Waals surface area contributed by atoms with Crippen molar-refractivity contribution in [2.75, 3.05) is 17.2 Å². The van der Waals surface area contributed by atoms with Crippen LogP contribution in [0.2, 0.25) is 0 Å². The molecule has 0 bridgehead atoms. The van der Waals surface area contributed by atoms with Crippen LogP contribution in [0.15, 0.2) is 18.3 Å². The normalized spacial score (nSPS) is 16.2. The molecule has 0 fully saturated rings. The predicted molar refractivity (Wildman–Crippen MR) is 94.2 cm³/mol. The SMILES string of the molecule is CCNc1ccc(C(=O)C2CCc3nc(NC(N)=O)sc3C2=O)cn1. The Hall–Kier alpha value is -2.81. The minimum Gasteiger partial charge on any atom is -0.370 e. The molecule has 1 unspecified atom stereocenters. The number of urea groups is 1.